The molecule has 1 saturated heterocycles. The Morgan fingerprint density at radius 2 is 2.14 bits per heavy atom. The van der Waals surface area contributed by atoms with E-state index in [2.05, 4.69) is 10.2 Å². The molecule has 0 spiro atoms. The largest absolute Gasteiger partial charge is 0.493 e. The molecule has 0 radical (unpaired) electrons. The number of thiophene rings is 1. The highest BCUT2D eigenvalue weighted by Gasteiger charge is 2.31. The maximum absolute atomic E-state index is 13.2. The van der Waals surface area contributed by atoms with Gasteiger partial charge in [0.15, 0.2) is 22.1 Å². The molecule has 1 fully saturated rings. The minimum Gasteiger partial charge on any atom is -0.493 e. The van der Waals surface area contributed by atoms with Gasteiger partial charge < -0.3 is 14.4 Å². The van der Waals surface area contributed by atoms with Crippen LogP contribution in [0.2, 0.25) is 0 Å². The number of hydrogen-bond acceptors (Lipinski definition) is 6. The third-order valence-corrected chi connectivity index (χ3v) is 6.34. The van der Waals surface area contributed by atoms with Crippen molar-refractivity contribution in [2.24, 2.45) is 0 Å². The summed E-state index contributed by atoms with van der Waals surface area (Å²) in [5.74, 6) is 2.07. The summed E-state index contributed by atoms with van der Waals surface area (Å²) in [6.07, 6.45) is 1.87. The Morgan fingerprint density at radius 3 is 2.86 bits per heavy atom. The Bertz CT molecular complexity index is 1060. The van der Waals surface area contributed by atoms with Crippen molar-refractivity contribution in [1.29, 1.82) is 0 Å². The van der Waals surface area contributed by atoms with Crippen LogP contribution in [0.4, 0.5) is 0 Å². The highest BCUT2D eigenvalue weighted by molar-refractivity contribution is 7.71. The van der Waals surface area contributed by atoms with Crippen LogP contribution in [0.5, 0.6) is 11.5 Å². The number of amides is 1. The summed E-state index contributed by atoms with van der Waals surface area (Å²) in [5, 5.41) is 9.10. The number of carbonyl (C=O) groups is 1. The van der Waals surface area contributed by atoms with E-state index in [0.717, 1.165) is 29.8 Å². The Kier molecular flexibility index (Phi) is 5.68. The Morgan fingerprint density at radius 1 is 1.31 bits per heavy atom. The molecule has 1 aliphatic heterocycles. The number of aromatic amines is 1. The standard InChI is InChI=1S/C20H22N4O3S2/c1-26-15-8-7-13(11-16(15)27-2)14-5-3-9-23(14)18(25)12-24-19(21-22-20(24)28)17-6-4-10-29-17/h4,6-8,10-11,14H,3,5,9,12H2,1-2H3,(H,22,28). The van der Waals surface area contributed by atoms with Crippen molar-refractivity contribution in [1.82, 2.24) is 19.7 Å². The Balaban J connectivity index is 1.58. The van der Waals surface area contributed by atoms with Crippen LogP contribution in [0.1, 0.15) is 24.4 Å². The lowest BCUT2D eigenvalue weighted by Crippen LogP contribution is -2.33. The van der Waals surface area contributed by atoms with Crippen molar-refractivity contribution in [3.05, 3.63) is 46.0 Å². The molecular weight excluding hydrogens is 408 g/mol. The first-order valence-corrected chi connectivity index (χ1v) is 10.6. The van der Waals surface area contributed by atoms with Crippen LogP contribution < -0.4 is 9.47 Å². The average molecular weight is 431 g/mol. The number of rotatable bonds is 6. The van der Waals surface area contributed by atoms with Crippen molar-refractivity contribution in [2.45, 2.75) is 25.4 Å². The van der Waals surface area contributed by atoms with E-state index in [4.69, 9.17) is 21.7 Å². The number of aromatic nitrogens is 3. The molecule has 1 aromatic carbocycles. The highest BCUT2D eigenvalue weighted by Crippen LogP contribution is 2.37. The number of likely N-dealkylation sites (tertiary alicyclic amines) is 1. The van der Waals surface area contributed by atoms with E-state index in [0.29, 0.717) is 22.1 Å². The van der Waals surface area contributed by atoms with Gasteiger partial charge >= 0.3 is 0 Å². The molecule has 0 saturated carbocycles. The quantitative estimate of drug-likeness (QED) is 0.598. The number of benzene rings is 1. The van der Waals surface area contributed by atoms with Gasteiger partial charge in [-0.3, -0.25) is 14.5 Å². The Labute approximate surface area is 177 Å². The molecule has 1 aliphatic rings. The fraction of sp³-hybridized carbons (Fsp3) is 0.350. The number of nitrogens with one attached hydrogen (secondary N) is 1. The van der Waals surface area contributed by atoms with E-state index in [9.17, 15) is 4.79 Å². The lowest BCUT2D eigenvalue weighted by Gasteiger charge is -2.26. The zero-order chi connectivity index (χ0) is 20.4. The summed E-state index contributed by atoms with van der Waals surface area (Å²) in [7, 11) is 3.23. The smallest absolute Gasteiger partial charge is 0.243 e. The molecule has 0 aliphatic carbocycles. The van der Waals surface area contributed by atoms with Crippen LogP contribution >= 0.6 is 23.6 Å². The van der Waals surface area contributed by atoms with E-state index in [1.165, 1.54) is 0 Å². The lowest BCUT2D eigenvalue weighted by molar-refractivity contribution is -0.132. The zero-order valence-electron chi connectivity index (χ0n) is 16.3. The molecule has 3 heterocycles. The molecule has 1 N–H and O–H groups in total. The summed E-state index contributed by atoms with van der Waals surface area (Å²) in [6.45, 7) is 0.879. The summed E-state index contributed by atoms with van der Waals surface area (Å²) in [5.41, 5.74) is 1.04. The van der Waals surface area contributed by atoms with E-state index < -0.39 is 0 Å². The van der Waals surface area contributed by atoms with Crippen LogP contribution in [-0.2, 0) is 11.3 Å². The van der Waals surface area contributed by atoms with Crippen molar-refractivity contribution in [2.75, 3.05) is 20.8 Å². The molecule has 152 valence electrons. The minimum atomic E-state index is 0.00793. The maximum Gasteiger partial charge on any atom is 0.243 e. The fourth-order valence-electron chi connectivity index (χ4n) is 3.76. The van der Waals surface area contributed by atoms with Crippen LogP contribution in [0, 0.1) is 4.77 Å². The van der Waals surface area contributed by atoms with Gasteiger partial charge in [-0.15, -0.1) is 11.3 Å². The zero-order valence-corrected chi connectivity index (χ0v) is 17.9. The van der Waals surface area contributed by atoms with E-state index >= 15 is 0 Å². The molecule has 3 aromatic rings. The third-order valence-electron chi connectivity index (χ3n) is 5.16. The topological polar surface area (TPSA) is 72.4 Å². The first-order chi connectivity index (χ1) is 14.1. The van der Waals surface area contributed by atoms with Gasteiger partial charge in [0.25, 0.3) is 0 Å². The van der Waals surface area contributed by atoms with Crippen molar-refractivity contribution < 1.29 is 14.3 Å². The van der Waals surface area contributed by atoms with Crippen molar-refractivity contribution >= 4 is 29.5 Å². The third kappa shape index (κ3) is 3.79. The van der Waals surface area contributed by atoms with Crippen LogP contribution in [-0.4, -0.2) is 46.3 Å². The van der Waals surface area contributed by atoms with Gasteiger partial charge in [-0.1, -0.05) is 12.1 Å². The molecule has 1 amide bonds. The molecule has 1 unspecified atom stereocenters. The van der Waals surface area contributed by atoms with Gasteiger partial charge in [-0.2, -0.15) is 5.10 Å². The number of H-pyrrole nitrogens is 1. The fourth-order valence-corrected chi connectivity index (χ4v) is 4.67. The second-order valence-corrected chi connectivity index (χ2v) is 8.11. The highest BCUT2D eigenvalue weighted by atomic mass is 32.1. The van der Waals surface area contributed by atoms with E-state index in [1.54, 1.807) is 30.1 Å². The normalized spacial score (nSPS) is 16.2. The van der Waals surface area contributed by atoms with E-state index in [1.807, 2.05) is 40.6 Å². The van der Waals surface area contributed by atoms with Crippen molar-refractivity contribution in [3.8, 4) is 22.2 Å². The molecule has 1 atom stereocenters. The number of methoxy groups -OCH3 is 2. The predicted octanol–water partition coefficient (Wildman–Crippen LogP) is 4.05. The second kappa shape index (κ2) is 8.38. The molecular formula is C20H22N4O3S2. The molecule has 29 heavy (non-hydrogen) atoms. The SMILES string of the molecule is COc1ccc(C2CCCN2C(=O)Cn2c(-c3cccs3)n[nH]c2=S)cc1OC. The molecule has 0 bridgehead atoms. The molecule has 4 rings (SSSR count). The number of ether oxygens (including phenoxy) is 2. The van der Waals surface area contributed by atoms with Gasteiger partial charge in [0.05, 0.1) is 25.1 Å². The molecule has 9 heteroatoms. The number of hydrogen-bond donors (Lipinski definition) is 1. The average Bonchev–Trinajstić information content (AvgIpc) is 3.49. The summed E-state index contributed by atoms with van der Waals surface area (Å²) in [4.78, 5) is 16.1. The lowest BCUT2D eigenvalue weighted by atomic mass is 10.0. The Hall–Kier alpha value is -2.65. The monoisotopic (exact) mass is 430 g/mol. The molecule has 2 aromatic heterocycles. The van der Waals surface area contributed by atoms with E-state index in [-0.39, 0.29) is 18.5 Å². The van der Waals surface area contributed by atoms with Crippen LogP contribution in [0.25, 0.3) is 10.7 Å². The van der Waals surface area contributed by atoms with Gasteiger partial charge in [0.1, 0.15) is 6.54 Å². The van der Waals surface area contributed by atoms with Crippen molar-refractivity contribution in [3.63, 3.8) is 0 Å². The summed E-state index contributed by atoms with van der Waals surface area (Å²) < 4.78 is 13.0. The van der Waals surface area contributed by atoms with Gasteiger partial charge in [-0.25, -0.2) is 0 Å². The first-order valence-electron chi connectivity index (χ1n) is 9.33. The number of nitrogens with zero attached hydrogens (tertiary/aromatic N) is 3. The summed E-state index contributed by atoms with van der Waals surface area (Å²) in [6, 6.07) is 9.77. The number of carbonyl (C=O) groups excluding carboxylic acids is 1. The summed E-state index contributed by atoms with van der Waals surface area (Å²) >= 11 is 6.94. The second-order valence-electron chi connectivity index (χ2n) is 6.78. The maximum atomic E-state index is 13.2. The first kappa shape index (κ1) is 19.7. The predicted molar refractivity (Wildman–Crippen MR) is 114 cm³/mol. The molecule has 7 nitrogen and oxygen atoms in total. The van der Waals surface area contributed by atoms with Crippen LogP contribution in [0.15, 0.2) is 35.7 Å². The van der Waals surface area contributed by atoms with Gasteiger partial charge in [-0.05, 0) is 54.2 Å². The van der Waals surface area contributed by atoms with Crippen LogP contribution in [0.3, 0.4) is 0 Å². The van der Waals surface area contributed by atoms with Gasteiger partial charge in [0, 0.05) is 6.54 Å². The van der Waals surface area contributed by atoms with Gasteiger partial charge in [0.2, 0.25) is 5.91 Å². The minimum absolute atomic E-state index is 0.00793.